The van der Waals surface area contributed by atoms with Gasteiger partial charge in [-0.2, -0.15) is 5.48 Å². The molecule has 0 heterocycles. The fourth-order valence-corrected chi connectivity index (χ4v) is 1.14. The van der Waals surface area contributed by atoms with Crippen molar-refractivity contribution < 1.29 is 14.4 Å². The van der Waals surface area contributed by atoms with Crippen LogP contribution in [0, 0.1) is 5.92 Å². The molecule has 0 atom stereocenters. The van der Waals surface area contributed by atoms with Gasteiger partial charge >= 0.3 is 5.97 Å². The first-order valence-electron chi connectivity index (χ1n) is 5.75. The summed E-state index contributed by atoms with van der Waals surface area (Å²) >= 11 is 0. The van der Waals surface area contributed by atoms with Crippen molar-refractivity contribution in [2.24, 2.45) is 5.92 Å². The maximum absolute atomic E-state index is 11.1. The predicted octanol–water partition coefficient (Wildman–Crippen LogP) is 1.91. The largest absolute Gasteiger partial charge is 0.464 e. The lowest BCUT2D eigenvalue weighted by atomic mass is 10.2. The third-order valence-electron chi connectivity index (χ3n) is 2.10. The van der Waals surface area contributed by atoms with Gasteiger partial charge in [0.1, 0.15) is 6.61 Å². The molecule has 1 N–H and O–H groups in total. The molecule has 0 amide bonds. The zero-order valence-electron chi connectivity index (χ0n) is 10.3. The van der Waals surface area contributed by atoms with E-state index in [-0.39, 0.29) is 11.9 Å². The van der Waals surface area contributed by atoms with Crippen molar-refractivity contribution in [1.82, 2.24) is 5.48 Å². The zero-order valence-corrected chi connectivity index (χ0v) is 10.3. The van der Waals surface area contributed by atoms with Gasteiger partial charge < -0.3 is 4.74 Å². The Morgan fingerprint density at radius 3 is 2.65 bits per heavy atom. The van der Waals surface area contributed by atoms with Crippen LogP contribution in [0.2, 0.25) is 0 Å². The van der Waals surface area contributed by atoms with Gasteiger partial charge in [0.2, 0.25) is 0 Å². The summed E-state index contributed by atoms with van der Waals surface area (Å²) in [6, 6.07) is 9.86. The molecule has 0 aliphatic carbocycles. The van der Waals surface area contributed by atoms with E-state index in [1.54, 1.807) is 0 Å². The number of hydroxylamine groups is 1. The van der Waals surface area contributed by atoms with Gasteiger partial charge in [-0.1, -0.05) is 44.2 Å². The maximum Gasteiger partial charge on any atom is 0.308 e. The number of carbonyl (C=O) groups excluding carboxylic acids is 1. The SMILES string of the molecule is CC(C)C(=O)OCCNOCc1ccccc1. The summed E-state index contributed by atoms with van der Waals surface area (Å²) < 4.78 is 4.97. The summed E-state index contributed by atoms with van der Waals surface area (Å²) in [5.41, 5.74) is 3.85. The molecule has 0 saturated heterocycles. The molecule has 0 spiro atoms. The smallest absolute Gasteiger partial charge is 0.308 e. The normalized spacial score (nSPS) is 10.5. The fraction of sp³-hybridized carbons (Fsp3) is 0.462. The van der Waals surface area contributed by atoms with E-state index in [1.165, 1.54) is 0 Å². The number of esters is 1. The Balaban J connectivity index is 2.00. The van der Waals surface area contributed by atoms with Gasteiger partial charge in [0, 0.05) is 0 Å². The van der Waals surface area contributed by atoms with Gasteiger partial charge in [0.25, 0.3) is 0 Å². The van der Waals surface area contributed by atoms with Gasteiger partial charge in [-0.3, -0.25) is 9.63 Å². The molecule has 0 radical (unpaired) electrons. The minimum absolute atomic E-state index is 0.0831. The van der Waals surface area contributed by atoms with E-state index in [0.29, 0.717) is 19.8 Å². The fourth-order valence-electron chi connectivity index (χ4n) is 1.14. The van der Waals surface area contributed by atoms with Crippen molar-refractivity contribution in [1.29, 1.82) is 0 Å². The lowest BCUT2D eigenvalue weighted by molar-refractivity contribution is -0.147. The monoisotopic (exact) mass is 237 g/mol. The van der Waals surface area contributed by atoms with Crippen LogP contribution in [0.25, 0.3) is 0 Å². The second-order valence-corrected chi connectivity index (χ2v) is 3.99. The van der Waals surface area contributed by atoms with Crippen LogP contribution in [0.1, 0.15) is 19.4 Å². The van der Waals surface area contributed by atoms with E-state index in [9.17, 15) is 4.79 Å². The molecule has 94 valence electrons. The summed E-state index contributed by atoms with van der Waals surface area (Å²) in [5, 5.41) is 0. The van der Waals surface area contributed by atoms with E-state index >= 15 is 0 Å². The lowest BCUT2D eigenvalue weighted by Gasteiger charge is -2.08. The van der Waals surface area contributed by atoms with Crippen molar-refractivity contribution in [2.45, 2.75) is 20.5 Å². The number of benzene rings is 1. The van der Waals surface area contributed by atoms with E-state index in [4.69, 9.17) is 9.57 Å². The summed E-state index contributed by atoms with van der Waals surface area (Å²) in [5.74, 6) is -0.268. The average Bonchev–Trinajstić information content (AvgIpc) is 2.34. The molecule has 1 rings (SSSR count). The Bertz CT molecular complexity index is 325. The third kappa shape index (κ3) is 6.04. The quantitative estimate of drug-likeness (QED) is 0.447. The van der Waals surface area contributed by atoms with Crippen molar-refractivity contribution in [2.75, 3.05) is 13.2 Å². The second kappa shape index (κ2) is 7.81. The van der Waals surface area contributed by atoms with Crippen LogP contribution in [0.15, 0.2) is 30.3 Å². The minimum Gasteiger partial charge on any atom is -0.464 e. The Kier molecular flexibility index (Phi) is 6.29. The number of nitrogens with one attached hydrogen (secondary N) is 1. The summed E-state index contributed by atoms with van der Waals surface area (Å²) in [7, 11) is 0. The van der Waals surface area contributed by atoms with Crippen LogP contribution in [0.5, 0.6) is 0 Å². The minimum atomic E-state index is -0.185. The molecule has 0 aromatic heterocycles. The first-order chi connectivity index (χ1) is 8.20. The van der Waals surface area contributed by atoms with Gasteiger partial charge in [-0.25, -0.2) is 0 Å². The van der Waals surface area contributed by atoms with E-state index in [1.807, 2.05) is 44.2 Å². The average molecular weight is 237 g/mol. The second-order valence-electron chi connectivity index (χ2n) is 3.99. The maximum atomic E-state index is 11.1. The van der Waals surface area contributed by atoms with Crippen LogP contribution in [-0.4, -0.2) is 19.1 Å². The van der Waals surface area contributed by atoms with Crippen LogP contribution in [-0.2, 0) is 21.0 Å². The molecule has 0 unspecified atom stereocenters. The predicted molar refractivity (Wildman–Crippen MR) is 65.0 cm³/mol. The highest BCUT2D eigenvalue weighted by molar-refractivity contribution is 5.71. The highest BCUT2D eigenvalue weighted by atomic mass is 16.6. The van der Waals surface area contributed by atoms with Gasteiger partial charge in [0.05, 0.1) is 19.1 Å². The number of rotatable bonds is 7. The van der Waals surface area contributed by atoms with E-state index < -0.39 is 0 Å². The zero-order chi connectivity index (χ0) is 12.5. The van der Waals surface area contributed by atoms with Crippen molar-refractivity contribution in [3.63, 3.8) is 0 Å². The molecule has 0 bridgehead atoms. The van der Waals surface area contributed by atoms with Crippen molar-refractivity contribution in [3.05, 3.63) is 35.9 Å². The molecule has 4 nitrogen and oxygen atoms in total. The number of carbonyl (C=O) groups is 1. The van der Waals surface area contributed by atoms with E-state index in [0.717, 1.165) is 5.56 Å². The first kappa shape index (κ1) is 13.7. The van der Waals surface area contributed by atoms with Gasteiger partial charge in [-0.15, -0.1) is 0 Å². The number of ether oxygens (including phenoxy) is 1. The van der Waals surface area contributed by atoms with Crippen molar-refractivity contribution in [3.8, 4) is 0 Å². The highest BCUT2D eigenvalue weighted by Crippen LogP contribution is 1.99. The molecule has 0 saturated carbocycles. The molecular formula is C13H19NO3. The van der Waals surface area contributed by atoms with Crippen LogP contribution in [0.3, 0.4) is 0 Å². The molecular weight excluding hydrogens is 218 g/mol. The van der Waals surface area contributed by atoms with Crippen molar-refractivity contribution >= 4 is 5.97 Å². The Morgan fingerprint density at radius 1 is 1.29 bits per heavy atom. The Hall–Kier alpha value is -1.39. The number of hydrogen-bond donors (Lipinski definition) is 1. The molecule has 0 fully saturated rings. The topological polar surface area (TPSA) is 47.6 Å². The summed E-state index contributed by atoms with van der Waals surface area (Å²) in [6.45, 7) is 4.93. The molecule has 4 heteroatoms. The Labute approximate surface area is 102 Å². The molecule has 0 aliphatic rings. The number of hydrogen-bond acceptors (Lipinski definition) is 4. The third-order valence-corrected chi connectivity index (χ3v) is 2.10. The molecule has 0 aliphatic heterocycles. The standard InChI is InChI=1S/C13H19NO3/c1-11(2)13(15)16-9-8-14-17-10-12-6-4-3-5-7-12/h3-7,11,14H,8-10H2,1-2H3. The highest BCUT2D eigenvalue weighted by Gasteiger charge is 2.06. The van der Waals surface area contributed by atoms with E-state index in [2.05, 4.69) is 5.48 Å². The first-order valence-corrected chi connectivity index (χ1v) is 5.75. The van der Waals surface area contributed by atoms with Crippen LogP contribution < -0.4 is 5.48 Å². The molecule has 1 aromatic rings. The van der Waals surface area contributed by atoms with Gasteiger partial charge in [0.15, 0.2) is 0 Å². The van der Waals surface area contributed by atoms with Gasteiger partial charge in [-0.05, 0) is 5.56 Å². The Morgan fingerprint density at radius 2 is 2.00 bits per heavy atom. The molecule has 17 heavy (non-hydrogen) atoms. The summed E-state index contributed by atoms with van der Waals surface area (Å²) in [6.07, 6.45) is 0. The summed E-state index contributed by atoms with van der Waals surface area (Å²) in [4.78, 5) is 16.3. The molecule has 1 aromatic carbocycles. The lowest BCUT2D eigenvalue weighted by Crippen LogP contribution is -2.23. The van der Waals surface area contributed by atoms with Crippen LogP contribution >= 0.6 is 0 Å². The van der Waals surface area contributed by atoms with Crippen LogP contribution in [0.4, 0.5) is 0 Å².